The van der Waals surface area contributed by atoms with Gasteiger partial charge in [0.15, 0.2) is 0 Å². The van der Waals surface area contributed by atoms with Gasteiger partial charge in [-0.2, -0.15) is 0 Å². The Kier molecular flexibility index (Phi) is 4.94. The van der Waals surface area contributed by atoms with Crippen LogP contribution in [0.1, 0.15) is 36.4 Å². The number of piperazine rings is 1. The summed E-state index contributed by atoms with van der Waals surface area (Å²) in [6, 6.07) is 10.0. The highest BCUT2D eigenvalue weighted by molar-refractivity contribution is 5.29. The molecule has 2 unspecified atom stereocenters. The summed E-state index contributed by atoms with van der Waals surface area (Å²) in [5.41, 5.74) is 2.85. The number of likely N-dealkylation sites (N-methyl/N-ethyl adjacent to an activating group) is 1. The van der Waals surface area contributed by atoms with Crippen molar-refractivity contribution >= 4 is 0 Å². The topological polar surface area (TPSA) is 18.5 Å². The molecule has 2 atom stereocenters. The van der Waals surface area contributed by atoms with E-state index in [4.69, 9.17) is 0 Å². The molecule has 0 radical (unpaired) electrons. The quantitative estimate of drug-likeness (QED) is 0.917. The van der Waals surface area contributed by atoms with Crippen molar-refractivity contribution in [2.45, 2.75) is 38.3 Å². The van der Waals surface area contributed by atoms with Gasteiger partial charge in [-0.05, 0) is 44.5 Å². The molecule has 21 heavy (non-hydrogen) atoms. The molecule has 0 aliphatic carbocycles. The second-order valence-corrected chi connectivity index (χ2v) is 6.64. The largest absolute Gasteiger partial charge is 0.312 e. The van der Waals surface area contributed by atoms with E-state index in [0.717, 1.165) is 12.6 Å². The molecule has 3 nitrogen and oxygen atoms in total. The normalized spacial score (nSPS) is 25.5. The highest BCUT2D eigenvalue weighted by atomic mass is 15.3. The first-order valence-electron chi connectivity index (χ1n) is 8.47. The summed E-state index contributed by atoms with van der Waals surface area (Å²) in [5.74, 6) is 0. The molecular formula is C18H29N3. The molecule has 0 saturated carbocycles. The van der Waals surface area contributed by atoms with Crippen LogP contribution in [-0.2, 0) is 0 Å². The molecule has 1 aromatic carbocycles. The van der Waals surface area contributed by atoms with E-state index < -0.39 is 0 Å². The van der Waals surface area contributed by atoms with E-state index in [1.165, 1.54) is 56.6 Å². The number of hydrogen-bond donors (Lipinski definition) is 1. The number of hydrogen-bond acceptors (Lipinski definition) is 3. The molecule has 2 fully saturated rings. The third kappa shape index (κ3) is 3.47. The van der Waals surface area contributed by atoms with Crippen LogP contribution in [0.2, 0.25) is 0 Å². The third-order valence-corrected chi connectivity index (χ3v) is 5.27. The van der Waals surface area contributed by atoms with Crippen molar-refractivity contribution in [2.75, 3.05) is 39.8 Å². The fraction of sp³-hybridized carbons (Fsp3) is 0.667. The number of nitrogens with zero attached hydrogens (tertiary/aromatic N) is 2. The Bertz CT molecular complexity index is 460. The van der Waals surface area contributed by atoms with Gasteiger partial charge in [0.05, 0.1) is 0 Å². The first-order valence-corrected chi connectivity index (χ1v) is 8.47. The van der Waals surface area contributed by atoms with Crippen LogP contribution in [0.15, 0.2) is 24.3 Å². The number of rotatable bonds is 4. The fourth-order valence-corrected chi connectivity index (χ4v) is 3.97. The van der Waals surface area contributed by atoms with Gasteiger partial charge in [-0.15, -0.1) is 0 Å². The van der Waals surface area contributed by atoms with Crippen LogP contribution in [0.5, 0.6) is 0 Å². The van der Waals surface area contributed by atoms with Crippen molar-refractivity contribution < 1.29 is 0 Å². The van der Waals surface area contributed by atoms with E-state index in [9.17, 15) is 0 Å². The van der Waals surface area contributed by atoms with Gasteiger partial charge in [-0.25, -0.2) is 0 Å². The molecule has 2 saturated heterocycles. The van der Waals surface area contributed by atoms with Crippen LogP contribution in [-0.4, -0.2) is 55.6 Å². The minimum Gasteiger partial charge on any atom is -0.312 e. The zero-order valence-electron chi connectivity index (χ0n) is 13.5. The molecule has 2 heterocycles. The van der Waals surface area contributed by atoms with Crippen molar-refractivity contribution in [3.63, 3.8) is 0 Å². The van der Waals surface area contributed by atoms with Gasteiger partial charge in [0.2, 0.25) is 0 Å². The van der Waals surface area contributed by atoms with Gasteiger partial charge in [0.1, 0.15) is 0 Å². The van der Waals surface area contributed by atoms with E-state index in [1.54, 1.807) is 0 Å². The molecule has 0 spiro atoms. The van der Waals surface area contributed by atoms with Crippen LogP contribution < -0.4 is 5.32 Å². The zero-order chi connectivity index (χ0) is 14.7. The van der Waals surface area contributed by atoms with Crippen LogP contribution in [0, 0.1) is 6.92 Å². The first kappa shape index (κ1) is 15.0. The minimum atomic E-state index is 0.446. The Morgan fingerprint density at radius 1 is 1.19 bits per heavy atom. The van der Waals surface area contributed by atoms with E-state index in [0.29, 0.717) is 6.04 Å². The van der Waals surface area contributed by atoms with Gasteiger partial charge in [-0.1, -0.05) is 30.7 Å². The van der Waals surface area contributed by atoms with Crippen molar-refractivity contribution in [3.05, 3.63) is 35.4 Å². The van der Waals surface area contributed by atoms with Crippen LogP contribution in [0.4, 0.5) is 0 Å². The summed E-state index contributed by atoms with van der Waals surface area (Å²) in [6.45, 7) is 8.41. The average Bonchev–Trinajstić information content (AvgIpc) is 2.53. The van der Waals surface area contributed by atoms with Gasteiger partial charge < -0.3 is 5.32 Å². The number of nitrogens with one attached hydrogen (secondary N) is 1. The molecule has 0 amide bonds. The maximum atomic E-state index is 3.52. The SMILES string of the molecule is CNC(CN1CCN2CCCCC2C1)c1ccccc1C. The molecule has 0 aromatic heterocycles. The Balaban J connectivity index is 1.63. The molecular weight excluding hydrogens is 258 g/mol. The first-order chi connectivity index (χ1) is 10.3. The number of benzene rings is 1. The number of fused-ring (bicyclic) bond motifs is 1. The second-order valence-electron chi connectivity index (χ2n) is 6.64. The monoisotopic (exact) mass is 287 g/mol. The molecule has 3 heteroatoms. The van der Waals surface area contributed by atoms with E-state index in [1.807, 2.05) is 0 Å². The predicted molar refractivity (Wildman–Crippen MR) is 88.6 cm³/mol. The summed E-state index contributed by atoms with van der Waals surface area (Å²) in [4.78, 5) is 5.38. The highest BCUT2D eigenvalue weighted by Crippen LogP contribution is 2.24. The zero-order valence-corrected chi connectivity index (χ0v) is 13.5. The number of aryl methyl sites for hydroxylation is 1. The molecule has 0 bridgehead atoms. The lowest BCUT2D eigenvalue weighted by molar-refractivity contribution is 0.0451. The minimum absolute atomic E-state index is 0.446. The fourth-order valence-electron chi connectivity index (χ4n) is 3.97. The van der Waals surface area contributed by atoms with Gasteiger partial charge >= 0.3 is 0 Å². The van der Waals surface area contributed by atoms with Crippen molar-refractivity contribution in [1.82, 2.24) is 15.1 Å². The maximum absolute atomic E-state index is 3.52. The smallest absolute Gasteiger partial charge is 0.0449 e. The van der Waals surface area contributed by atoms with E-state index in [-0.39, 0.29) is 0 Å². The Morgan fingerprint density at radius 3 is 2.86 bits per heavy atom. The maximum Gasteiger partial charge on any atom is 0.0449 e. The standard InChI is InChI=1S/C18H29N3/c1-15-7-3-4-9-17(15)18(19-2)14-20-11-12-21-10-6-5-8-16(21)13-20/h3-4,7,9,16,18-19H,5-6,8,10-14H2,1-2H3. The molecule has 2 aliphatic heterocycles. The summed E-state index contributed by atoms with van der Waals surface area (Å²) >= 11 is 0. The lowest BCUT2D eigenvalue weighted by Crippen LogP contribution is -2.55. The molecule has 2 aliphatic rings. The molecule has 3 rings (SSSR count). The van der Waals surface area contributed by atoms with Gasteiger partial charge in [0, 0.05) is 38.3 Å². The van der Waals surface area contributed by atoms with Crippen molar-refractivity contribution in [3.8, 4) is 0 Å². The summed E-state index contributed by atoms with van der Waals surface area (Å²) in [6.07, 6.45) is 4.21. The molecule has 1 N–H and O–H groups in total. The van der Waals surface area contributed by atoms with Crippen LogP contribution >= 0.6 is 0 Å². The summed E-state index contributed by atoms with van der Waals surface area (Å²) in [5, 5.41) is 3.52. The lowest BCUT2D eigenvalue weighted by atomic mass is 9.97. The van der Waals surface area contributed by atoms with Crippen molar-refractivity contribution in [1.29, 1.82) is 0 Å². The van der Waals surface area contributed by atoms with Crippen LogP contribution in [0.25, 0.3) is 0 Å². The van der Waals surface area contributed by atoms with E-state index >= 15 is 0 Å². The predicted octanol–water partition coefficient (Wildman–Crippen LogP) is 2.43. The summed E-state index contributed by atoms with van der Waals surface area (Å²) < 4.78 is 0. The van der Waals surface area contributed by atoms with Gasteiger partial charge in [0.25, 0.3) is 0 Å². The Morgan fingerprint density at radius 2 is 2.05 bits per heavy atom. The number of piperidine rings is 1. The summed E-state index contributed by atoms with van der Waals surface area (Å²) in [7, 11) is 2.09. The second kappa shape index (κ2) is 6.91. The van der Waals surface area contributed by atoms with Crippen LogP contribution in [0.3, 0.4) is 0 Å². The highest BCUT2D eigenvalue weighted by Gasteiger charge is 2.29. The Labute approximate surface area is 129 Å². The Hall–Kier alpha value is -0.900. The van der Waals surface area contributed by atoms with Gasteiger partial charge in [-0.3, -0.25) is 9.80 Å². The molecule has 1 aromatic rings. The molecule has 116 valence electrons. The average molecular weight is 287 g/mol. The van der Waals surface area contributed by atoms with Crippen molar-refractivity contribution in [2.24, 2.45) is 0 Å². The lowest BCUT2D eigenvalue weighted by Gasteiger charge is -2.45. The third-order valence-electron chi connectivity index (χ3n) is 5.27. The van der Waals surface area contributed by atoms with E-state index in [2.05, 4.69) is 53.4 Å².